The van der Waals surface area contributed by atoms with E-state index in [4.69, 9.17) is 9.26 Å². The number of piperidine rings is 2. The van der Waals surface area contributed by atoms with Crippen LogP contribution in [0.2, 0.25) is 0 Å². The van der Waals surface area contributed by atoms with Crippen molar-refractivity contribution in [1.82, 2.24) is 29.1 Å². The molecule has 2 aromatic carbocycles. The van der Waals surface area contributed by atoms with Crippen LogP contribution in [-0.4, -0.2) is 79.0 Å². The van der Waals surface area contributed by atoms with E-state index >= 15 is 0 Å². The third-order valence-electron chi connectivity index (χ3n) is 9.61. The Kier molecular flexibility index (Phi) is 8.18. The summed E-state index contributed by atoms with van der Waals surface area (Å²) in [4.78, 5) is 36.3. The number of aliphatic hydroxyl groups is 1. The van der Waals surface area contributed by atoms with Gasteiger partial charge in [0.15, 0.2) is 5.65 Å². The van der Waals surface area contributed by atoms with E-state index < -0.39 is 5.60 Å². The lowest BCUT2D eigenvalue weighted by Crippen LogP contribution is -2.53. The normalized spacial score (nSPS) is 20.2. The van der Waals surface area contributed by atoms with Crippen LogP contribution in [0.25, 0.3) is 16.7 Å². The Balaban J connectivity index is 1.02. The minimum atomic E-state index is -1.12. The highest BCUT2D eigenvalue weighted by molar-refractivity contribution is 5.80. The maximum Gasteiger partial charge on any atom is 0.262 e. The van der Waals surface area contributed by atoms with Crippen LogP contribution in [0.15, 0.2) is 94.8 Å². The van der Waals surface area contributed by atoms with Crippen molar-refractivity contribution >= 4 is 16.9 Å². The Morgan fingerprint density at radius 3 is 2.54 bits per heavy atom. The Hall–Kier alpha value is -4.74. The van der Waals surface area contributed by atoms with Crippen molar-refractivity contribution in [3.05, 3.63) is 107 Å². The molecule has 0 bridgehead atoms. The molecule has 0 spiro atoms. The number of likely N-dealkylation sites (tertiary alicyclic amines) is 2. The monoisotopic (exact) mass is 622 g/mol. The number of methoxy groups -OCH3 is 1. The average molecular weight is 623 g/mol. The van der Waals surface area contributed by atoms with Gasteiger partial charge >= 0.3 is 0 Å². The highest BCUT2D eigenvalue weighted by atomic mass is 16.5. The SMILES string of the molecule is COc1ccc(-n2ccc3c(=O)n(CC4(O)CCN(C(=O)[C@@H]5CCN(Cc6ccon6)C[C@H]5c5ccccc5)CC4)cnc32)cc1. The number of hydrogen-bond acceptors (Lipinski definition) is 8. The van der Waals surface area contributed by atoms with Gasteiger partial charge in [-0.25, -0.2) is 4.98 Å². The molecular formula is C35H38N6O5. The van der Waals surface area contributed by atoms with Gasteiger partial charge in [0.25, 0.3) is 5.56 Å². The minimum absolute atomic E-state index is 0.0526. The number of aromatic nitrogens is 4. The van der Waals surface area contributed by atoms with Crippen molar-refractivity contribution in [3.63, 3.8) is 0 Å². The molecular weight excluding hydrogens is 584 g/mol. The van der Waals surface area contributed by atoms with Crippen LogP contribution in [0.1, 0.15) is 36.4 Å². The predicted molar refractivity (Wildman–Crippen MR) is 172 cm³/mol. The second kappa shape index (κ2) is 12.6. The molecule has 11 nitrogen and oxygen atoms in total. The van der Waals surface area contributed by atoms with Crippen LogP contribution >= 0.6 is 0 Å². The fraction of sp³-hybridized carbons (Fsp3) is 0.371. The van der Waals surface area contributed by atoms with Gasteiger partial charge in [-0.3, -0.25) is 19.1 Å². The quantitative estimate of drug-likeness (QED) is 0.277. The number of hydrogen-bond donors (Lipinski definition) is 1. The summed E-state index contributed by atoms with van der Waals surface area (Å²) in [6.45, 7) is 3.23. The lowest BCUT2D eigenvalue weighted by molar-refractivity contribution is -0.142. The molecule has 2 saturated heterocycles. The Morgan fingerprint density at radius 2 is 1.83 bits per heavy atom. The minimum Gasteiger partial charge on any atom is -0.497 e. The maximum absolute atomic E-state index is 14.0. The van der Waals surface area contributed by atoms with Crippen molar-refractivity contribution < 1.29 is 19.2 Å². The predicted octanol–water partition coefficient (Wildman–Crippen LogP) is 3.84. The highest BCUT2D eigenvalue weighted by Gasteiger charge is 2.41. The molecule has 11 heteroatoms. The van der Waals surface area contributed by atoms with E-state index in [9.17, 15) is 14.7 Å². The summed E-state index contributed by atoms with van der Waals surface area (Å²) in [5, 5.41) is 16.1. The van der Waals surface area contributed by atoms with Gasteiger partial charge in [0.2, 0.25) is 5.91 Å². The van der Waals surface area contributed by atoms with Crippen LogP contribution in [0, 0.1) is 5.92 Å². The molecule has 2 atom stereocenters. The lowest BCUT2D eigenvalue weighted by Gasteiger charge is -2.43. The molecule has 1 N–H and O–H groups in total. The van der Waals surface area contributed by atoms with Gasteiger partial charge in [0.05, 0.1) is 30.3 Å². The summed E-state index contributed by atoms with van der Waals surface area (Å²) >= 11 is 0. The first kappa shape index (κ1) is 29.9. The van der Waals surface area contributed by atoms with Gasteiger partial charge in [0, 0.05) is 56.0 Å². The Labute approximate surface area is 266 Å². The second-order valence-electron chi connectivity index (χ2n) is 12.5. The number of nitrogens with zero attached hydrogens (tertiary/aromatic N) is 6. The average Bonchev–Trinajstić information content (AvgIpc) is 3.77. The fourth-order valence-corrected chi connectivity index (χ4v) is 7.02. The zero-order valence-electron chi connectivity index (χ0n) is 25.9. The number of carbonyl (C=O) groups is 1. The van der Waals surface area contributed by atoms with E-state index in [0.717, 1.165) is 42.2 Å². The molecule has 5 heterocycles. The van der Waals surface area contributed by atoms with Crippen LogP contribution in [0.4, 0.5) is 0 Å². The molecule has 2 fully saturated rings. The summed E-state index contributed by atoms with van der Waals surface area (Å²) in [6.07, 6.45) is 6.44. The molecule has 3 aromatic heterocycles. The van der Waals surface area contributed by atoms with E-state index in [1.807, 2.05) is 64.2 Å². The van der Waals surface area contributed by atoms with E-state index in [-0.39, 0.29) is 29.8 Å². The molecule has 2 aliphatic rings. The molecule has 0 unspecified atom stereocenters. The molecule has 0 radical (unpaired) electrons. The lowest BCUT2D eigenvalue weighted by atomic mass is 9.79. The van der Waals surface area contributed by atoms with Gasteiger partial charge in [-0.2, -0.15) is 0 Å². The van der Waals surface area contributed by atoms with Gasteiger partial charge < -0.3 is 23.8 Å². The van der Waals surface area contributed by atoms with Gasteiger partial charge in [-0.15, -0.1) is 0 Å². The number of carbonyl (C=O) groups excluding carboxylic acids is 1. The van der Waals surface area contributed by atoms with Crippen molar-refractivity contribution in [1.29, 1.82) is 0 Å². The first-order chi connectivity index (χ1) is 22.4. The van der Waals surface area contributed by atoms with Crippen molar-refractivity contribution in [2.75, 3.05) is 33.3 Å². The van der Waals surface area contributed by atoms with Crippen LogP contribution < -0.4 is 10.3 Å². The topological polar surface area (TPSA) is 119 Å². The Morgan fingerprint density at radius 1 is 1.04 bits per heavy atom. The molecule has 2 aliphatic heterocycles. The number of rotatable bonds is 8. The Bertz CT molecular complexity index is 1840. The van der Waals surface area contributed by atoms with Crippen LogP contribution in [0.5, 0.6) is 5.75 Å². The fourth-order valence-electron chi connectivity index (χ4n) is 7.02. The molecule has 7 rings (SSSR count). The third-order valence-corrected chi connectivity index (χ3v) is 9.61. The summed E-state index contributed by atoms with van der Waals surface area (Å²) in [7, 11) is 1.62. The molecule has 238 valence electrons. The van der Waals surface area contributed by atoms with Gasteiger partial charge in [0.1, 0.15) is 18.3 Å². The number of fused-ring (bicyclic) bond motifs is 1. The molecule has 0 aliphatic carbocycles. The maximum atomic E-state index is 14.0. The molecule has 46 heavy (non-hydrogen) atoms. The van der Waals surface area contributed by atoms with Crippen LogP contribution in [0.3, 0.4) is 0 Å². The summed E-state index contributed by atoms with van der Waals surface area (Å²) in [6, 6.07) is 21.4. The first-order valence-electron chi connectivity index (χ1n) is 15.8. The third kappa shape index (κ3) is 5.95. The van der Waals surface area contributed by atoms with E-state index in [2.05, 4.69) is 27.2 Å². The molecule has 5 aromatic rings. The van der Waals surface area contributed by atoms with E-state index in [0.29, 0.717) is 43.5 Å². The summed E-state index contributed by atoms with van der Waals surface area (Å²) in [5.74, 6) is 0.789. The van der Waals surface area contributed by atoms with Crippen molar-refractivity contribution in [2.45, 2.75) is 43.9 Å². The number of amides is 1. The van der Waals surface area contributed by atoms with E-state index in [1.54, 1.807) is 19.4 Å². The smallest absolute Gasteiger partial charge is 0.262 e. The highest BCUT2D eigenvalue weighted by Crippen LogP contribution is 2.36. The van der Waals surface area contributed by atoms with Crippen molar-refractivity contribution in [3.8, 4) is 11.4 Å². The number of benzene rings is 2. The largest absolute Gasteiger partial charge is 0.497 e. The summed E-state index contributed by atoms with van der Waals surface area (Å²) < 4.78 is 13.6. The second-order valence-corrected chi connectivity index (χ2v) is 12.5. The number of ether oxygens (including phenoxy) is 1. The standard InChI is InChI=1S/C35H38N6O5/c1-45-28-9-7-27(8-10-28)41-17-12-30-32(41)36-24-40(34(30)43)23-35(44)14-18-39(19-15-35)33(42)29-11-16-38(21-26-13-20-46-37-26)22-31(29)25-5-3-2-4-6-25/h2-10,12-13,17,20,24,29,31,44H,11,14-16,18-19,21-23H2,1H3/t29-,31+/m1/s1. The molecule has 1 amide bonds. The molecule has 0 saturated carbocycles. The summed E-state index contributed by atoms with van der Waals surface area (Å²) in [5.41, 5.74) is 2.14. The van der Waals surface area contributed by atoms with E-state index in [1.165, 1.54) is 10.9 Å². The van der Waals surface area contributed by atoms with Gasteiger partial charge in [-0.05, 0) is 61.7 Å². The zero-order chi connectivity index (χ0) is 31.7. The van der Waals surface area contributed by atoms with Crippen LogP contribution in [-0.2, 0) is 17.9 Å². The van der Waals surface area contributed by atoms with Crippen molar-refractivity contribution in [2.24, 2.45) is 5.92 Å². The first-order valence-corrected chi connectivity index (χ1v) is 15.8. The zero-order valence-corrected chi connectivity index (χ0v) is 25.9. The van der Waals surface area contributed by atoms with Gasteiger partial charge in [-0.1, -0.05) is 35.5 Å².